The molecule has 0 spiro atoms. The van der Waals surface area contributed by atoms with Crippen LogP contribution in [0.4, 0.5) is 0 Å². The summed E-state index contributed by atoms with van der Waals surface area (Å²) in [4.78, 5) is 11.9. The molecule has 0 fully saturated rings. The first-order valence-corrected chi connectivity index (χ1v) is 6.97. The molecule has 3 N–H and O–H groups in total. The van der Waals surface area contributed by atoms with Gasteiger partial charge in [0.1, 0.15) is 11.5 Å². The van der Waals surface area contributed by atoms with Crippen molar-refractivity contribution in [1.82, 2.24) is 5.32 Å². The van der Waals surface area contributed by atoms with Crippen LogP contribution in [-0.4, -0.2) is 22.7 Å². The van der Waals surface area contributed by atoms with Gasteiger partial charge in [0.15, 0.2) is 0 Å². The first-order valence-electron chi connectivity index (χ1n) is 6.21. The second kappa shape index (κ2) is 6.70. The van der Waals surface area contributed by atoms with Gasteiger partial charge in [-0.1, -0.05) is 29.3 Å². The van der Waals surface area contributed by atoms with Gasteiger partial charge < -0.3 is 15.5 Å². The van der Waals surface area contributed by atoms with Crippen molar-refractivity contribution in [3.05, 3.63) is 57.6 Å². The number of halogens is 2. The van der Waals surface area contributed by atoms with Crippen molar-refractivity contribution in [2.45, 2.75) is 6.42 Å². The fourth-order valence-corrected chi connectivity index (χ4v) is 2.35. The number of benzene rings is 2. The van der Waals surface area contributed by atoms with Gasteiger partial charge in [-0.3, -0.25) is 4.79 Å². The van der Waals surface area contributed by atoms with E-state index in [0.717, 1.165) is 11.6 Å². The van der Waals surface area contributed by atoms with Crippen LogP contribution in [0.1, 0.15) is 15.9 Å². The quantitative estimate of drug-likeness (QED) is 0.807. The molecule has 0 atom stereocenters. The largest absolute Gasteiger partial charge is 0.508 e. The Hall–Kier alpha value is -1.91. The first kappa shape index (κ1) is 15.5. The van der Waals surface area contributed by atoms with E-state index in [1.807, 2.05) is 0 Å². The van der Waals surface area contributed by atoms with Gasteiger partial charge in [0, 0.05) is 22.7 Å². The van der Waals surface area contributed by atoms with E-state index >= 15 is 0 Å². The van der Waals surface area contributed by atoms with Crippen LogP contribution >= 0.6 is 23.2 Å². The monoisotopic (exact) mass is 325 g/mol. The van der Waals surface area contributed by atoms with Crippen LogP contribution in [0.15, 0.2) is 36.4 Å². The molecule has 0 bridgehead atoms. The number of amides is 1. The average Bonchev–Trinajstić information content (AvgIpc) is 2.41. The molecule has 0 aliphatic heterocycles. The van der Waals surface area contributed by atoms with Crippen LogP contribution in [0.25, 0.3) is 0 Å². The fraction of sp³-hybridized carbons (Fsp3) is 0.133. The van der Waals surface area contributed by atoms with Crippen molar-refractivity contribution in [3.8, 4) is 11.5 Å². The van der Waals surface area contributed by atoms with E-state index in [4.69, 9.17) is 23.2 Å². The van der Waals surface area contributed by atoms with Crippen molar-refractivity contribution in [3.63, 3.8) is 0 Å². The molecule has 2 aromatic carbocycles. The summed E-state index contributed by atoms with van der Waals surface area (Å²) in [7, 11) is 0. The molecular formula is C15H13Cl2NO3. The Morgan fingerprint density at radius 2 is 1.86 bits per heavy atom. The van der Waals surface area contributed by atoms with E-state index in [9.17, 15) is 15.0 Å². The highest BCUT2D eigenvalue weighted by molar-refractivity contribution is 6.35. The molecule has 2 rings (SSSR count). The summed E-state index contributed by atoms with van der Waals surface area (Å²) in [5.41, 5.74) is 0.978. The molecule has 0 radical (unpaired) electrons. The summed E-state index contributed by atoms with van der Waals surface area (Å²) in [6, 6.07) is 8.99. The maximum atomic E-state index is 11.9. The summed E-state index contributed by atoms with van der Waals surface area (Å²) in [5.74, 6) is -0.786. The lowest BCUT2D eigenvalue weighted by Crippen LogP contribution is -2.25. The lowest BCUT2D eigenvalue weighted by atomic mass is 10.1. The summed E-state index contributed by atoms with van der Waals surface area (Å²) in [5, 5.41) is 22.6. The van der Waals surface area contributed by atoms with Gasteiger partial charge in [-0.25, -0.2) is 0 Å². The number of hydrogen-bond donors (Lipinski definition) is 3. The summed E-state index contributed by atoms with van der Waals surface area (Å²) in [6.45, 7) is 0.362. The Labute approximate surface area is 131 Å². The van der Waals surface area contributed by atoms with Crippen molar-refractivity contribution in [1.29, 1.82) is 0 Å². The van der Waals surface area contributed by atoms with E-state index in [0.29, 0.717) is 23.0 Å². The Morgan fingerprint density at radius 3 is 2.52 bits per heavy atom. The Morgan fingerprint density at radius 1 is 1.10 bits per heavy atom. The van der Waals surface area contributed by atoms with Crippen LogP contribution < -0.4 is 5.32 Å². The highest BCUT2D eigenvalue weighted by Crippen LogP contribution is 2.23. The minimum Gasteiger partial charge on any atom is -0.508 e. The third-order valence-corrected chi connectivity index (χ3v) is 3.51. The van der Waals surface area contributed by atoms with Gasteiger partial charge in [0.2, 0.25) is 0 Å². The van der Waals surface area contributed by atoms with Crippen molar-refractivity contribution in [2.24, 2.45) is 0 Å². The third-order valence-electron chi connectivity index (χ3n) is 2.92. The minimum absolute atomic E-state index is 0.100. The van der Waals surface area contributed by atoms with E-state index in [2.05, 4.69) is 5.32 Å². The number of rotatable bonds is 4. The Kier molecular flexibility index (Phi) is 4.94. The molecule has 0 unspecified atom stereocenters. The maximum Gasteiger partial charge on any atom is 0.255 e. The lowest BCUT2D eigenvalue weighted by Gasteiger charge is -2.08. The SMILES string of the molecule is O=C(NCCc1ccc(Cl)cc1Cl)c1ccc(O)cc1O. The molecule has 0 aliphatic carbocycles. The zero-order valence-electron chi connectivity index (χ0n) is 10.9. The number of phenols is 2. The number of hydrogen-bond acceptors (Lipinski definition) is 3. The van der Waals surface area contributed by atoms with Gasteiger partial charge in [-0.15, -0.1) is 0 Å². The molecule has 4 nitrogen and oxygen atoms in total. The summed E-state index contributed by atoms with van der Waals surface area (Å²) >= 11 is 11.8. The van der Waals surface area contributed by atoms with Crippen LogP contribution in [0, 0.1) is 0 Å². The topological polar surface area (TPSA) is 69.6 Å². The van der Waals surface area contributed by atoms with Gasteiger partial charge in [0.05, 0.1) is 5.56 Å². The van der Waals surface area contributed by atoms with Crippen LogP contribution in [-0.2, 0) is 6.42 Å². The van der Waals surface area contributed by atoms with E-state index in [1.165, 1.54) is 12.1 Å². The molecular weight excluding hydrogens is 313 g/mol. The fourth-order valence-electron chi connectivity index (χ4n) is 1.84. The number of carbonyl (C=O) groups is 1. The highest BCUT2D eigenvalue weighted by atomic mass is 35.5. The molecule has 0 saturated carbocycles. The normalized spacial score (nSPS) is 10.4. The average molecular weight is 326 g/mol. The lowest BCUT2D eigenvalue weighted by molar-refractivity contribution is 0.0951. The Bertz CT molecular complexity index is 674. The van der Waals surface area contributed by atoms with E-state index in [-0.39, 0.29) is 17.1 Å². The van der Waals surface area contributed by atoms with Gasteiger partial charge >= 0.3 is 0 Å². The molecule has 0 heterocycles. The minimum atomic E-state index is -0.419. The number of carbonyl (C=O) groups excluding carboxylic acids is 1. The molecule has 2 aromatic rings. The van der Waals surface area contributed by atoms with E-state index in [1.54, 1.807) is 18.2 Å². The van der Waals surface area contributed by atoms with Gasteiger partial charge in [-0.05, 0) is 36.2 Å². The van der Waals surface area contributed by atoms with Crippen molar-refractivity contribution >= 4 is 29.1 Å². The summed E-state index contributed by atoms with van der Waals surface area (Å²) in [6.07, 6.45) is 0.542. The molecule has 21 heavy (non-hydrogen) atoms. The number of nitrogens with one attached hydrogen (secondary N) is 1. The molecule has 6 heteroatoms. The highest BCUT2D eigenvalue weighted by Gasteiger charge is 2.11. The van der Waals surface area contributed by atoms with Crippen LogP contribution in [0.2, 0.25) is 10.0 Å². The molecule has 0 aliphatic rings. The molecule has 110 valence electrons. The van der Waals surface area contributed by atoms with Crippen molar-refractivity contribution < 1.29 is 15.0 Å². The standard InChI is InChI=1S/C15H13Cl2NO3/c16-10-2-1-9(13(17)7-10)5-6-18-15(21)12-4-3-11(19)8-14(12)20/h1-4,7-8,19-20H,5-6H2,(H,18,21). The van der Waals surface area contributed by atoms with Gasteiger partial charge in [0.25, 0.3) is 5.91 Å². The smallest absolute Gasteiger partial charge is 0.255 e. The van der Waals surface area contributed by atoms with Gasteiger partial charge in [-0.2, -0.15) is 0 Å². The van der Waals surface area contributed by atoms with E-state index < -0.39 is 5.91 Å². The predicted octanol–water partition coefficient (Wildman–Crippen LogP) is 3.38. The number of aromatic hydroxyl groups is 2. The first-order chi connectivity index (χ1) is 9.97. The molecule has 0 aromatic heterocycles. The second-order valence-corrected chi connectivity index (χ2v) is 5.29. The van der Waals surface area contributed by atoms with Crippen LogP contribution in [0.5, 0.6) is 11.5 Å². The second-order valence-electron chi connectivity index (χ2n) is 4.44. The zero-order valence-corrected chi connectivity index (χ0v) is 12.4. The third kappa shape index (κ3) is 4.03. The molecule has 0 saturated heterocycles. The number of phenolic OH excluding ortho intramolecular Hbond substituents is 2. The zero-order chi connectivity index (χ0) is 15.4. The van der Waals surface area contributed by atoms with Crippen LogP contribution in [0.3, 0.4) is 0 Å². The summed E-state index contributed by atoms with van der Waals surface area (Å²) < 4.78 is 0. The molecule has 1 amide bonds. The predicted molar refractivity (Wildman–Crippen MR) is 82.3 cm³/mol. The van der Waals surface area contributed by atoms with Crippen molar-refractivity contribution in [2.75, 3.05) is 6.54 Å². The maximum absolute atomic E-state index is 11.9. The Balaban J connectivity index is 1.95.